The van der Waals surface area contributed by atoms with Crippen LogP contribution in [0.3, 0.4) is 0 Å². The Labute approximate surface area is 148 Å². The number of hydrogen-bond acceptors (Lipinski definition) is 5. The third-order valence-corrected chi connectivity index (χ3v) is 3.98. The maximum Gasteiger partial charge on any atom is 0.320 e. The molecule has 2 aromatic rings. The van der Waals surface area contributed by atoms with Gasteiger partial charge in [-0.3, -0.25) is 14.5 Å². The molecule has 0 saturated carbocycles. The van der Waals surface area contributed by atoms with E-state index in [1.807, 2.05) is 50.8 Å². The predicted molar refractivity (Wildman–Crippen MR) is 98.4 cm³/mol. The summed E-state index contributed by atoms with van der Waals surface area (Å²) < 4.78 is 5.42. The summed E-state index contributed by atoms with van der Waals surface area (Å²) in [6.07, 6.45) is 0.876. The number of H-pyrrole nitrogens is 1. The van der Waals surface area contributed by atoms with Gasteiger partial charge in [0.15, 0.2) is 0 Å². The van der Waals surface area contributed by atoms with Crippen molar-refractivity contribution in [2.45, 2.75) is 59.2 Å². The molecule has 1 aromatic heterocycles. The molecule has 1 aromatic carbocycles. The molecule has 6 nitrogen and oxygen atoms in total. The smallest absolute Gasteiger partial charge is 0.320 e. The van der Waals surface area contributed by atoms with Crippen molar-refractivity contribution in [2.24, 2.45) is 0 Å². The summed E-state index contributed by atoms with van der Waals surface area (Å²) in [6.45, 7) is 10.2. The van der Waals surface area contributed by atoms with Crippen LogP contribution < -0.4 is 5.56 Å². The molecule has 0 aliphatic heterocycles. The van der Waals surface area contributed by atoms with Gasteiger partial charge in [-0.1, -0.05) is 19.1 Å². The van der Waals surface area contributed by atoms with Crippen LogP contribution in [-0.2, 0) is 16.1 Å². The van der Waals surface area contributed by atoms with Crippen LogP contribution in [0.4, 0.5) is 0 Å². The molecule has 136 valence electrons. The van der Waals surface area contributed by atoms with E-state index < -0.39 is 5.60 Å². The Kier molecular flexibility index (Phi) is 5.95. The number of aromatic nitrogens is 2. The first-order chi connectivity index (χ1) is 11.7. The SMILES string of the molecule is CC[C@H](C)N(CC(=O)OC(C)(C)C)Cc1nc2ccccc2c(=O)[nH]1. The second kappa shape index (κ2) is 7.78. The maximum atomic E-state index is 12.2. The number of carbonyl (C=O) groups is 1. The van der Waals surface area contributed by atoms with Crippen molar-refractivity contribution < 1.29 is 9.53 Å². The van der Waals surface area contributed by atoms with Gasteiger partial charge < -0.3 is 9.72 Å². The molecule has 0 aliphatic carbocycles. The van der Waals surface area contributed by atoms with Gasteiger partial charge >= 0.3 is 5.97 Å². The molecule has 6 heteroatoms. The first kappa shape index (κ1) is 19.1. The van der Waals surface area contributed by atoms with E-state index in [-0.39, 0.29) is 24.1 Å². The fourth-order valence-electron chi connectivity index (χ4n) is 2.57. The molecule has 25 heavy (non-hydrogen) atoms. The number of nitrogens with one attached hydrogen (secondary N) is 1. The van der Waals surface area contributed by atoms with Crippen molar-refractivity contribution in [3.63, 3.8) is 0 Å². The van der Waals surface area contributed by atoms with Crippen molar-refractivity contribution in [1.82, 2.24) is 14.9 Å². The largest absolute Gasteiger partial charge is 0.459 e. The number of nitrogens with zero attached hydrogens (tertiary/aromatic N) is 2. The van der Waals surface area contributed by atoms with Crippen molar-refractivity contribution in [3.8, 4) is 0 Å². The number of carbonyl (C=O) groups excluding carboxylic acids is 1. The molecular weight excluding hydrogens is 318 g/mol. The molecule has 0 spiro atoms. The van der Waals surface area contributed by atoms with Gasteiger partial charge in [0.05, 0.1) is 24.0 Å². The minimum absolute atomic E-state index is 0.156. The number of fused-ring (bicyclic) bond motifs is 1. The lowest BCUT2D eigenvalue weighted by Gasteiger charge is -2.28. The van der Waals surface area contributed by atoms with Gasteiger partial charge in [0.25, 0.3) is 5.56 Å². The van der Waals surface area contributed by atoms with Crippen LogP contribution in [0.15, 0.2) is 29.1 Å². The molecule has 0 amide bonds. The zero-order valence-corrected chi connectivity index (χ0v) is 15.6. The summed E-state index contributed by atoms with van der Waals surface area (Å²) in [4.78, 5) is 33.7. The monoisotopic (exact) mass is 345 g/mol. The minimum Gasteiger partial charge on any atom is -0.459 e. The quantitative estimate of drug-likeness (QED) is 0.815. The third-order valence-electron chi connectivity index (χ3n) is 3.98. The zero-order chi connectivity index (χ0) is 18.6. The third kappa shape index (κ3) is 5.39. The van der Waals surface area contributed by atoms with Gasteiger partial charge in [0.1, 0.15) is 11.4 Å². The normalized spacial score (nSPS) is 13.2. The Morgan fingerprint density at radius 2 is 2.00 bits per heavy atom. The molecule has 0 unspecified atom stereocenters. The topological polar surface area (TPSA) is 75.3 Å². The Hall–Kier alpha value is -2.21. The van der Waals surface area contributed by atoms with Gasteiger partial charge in [0, 0.05) is 6.04 Å². The summed E-state index contributed by atoms with van der Waals surface area (Å²) in [5.74, 6) is 0.267. The first-order valence-corrected chi connectivity index (χ1v) is 8.63. The van der Waals surface area contributed by atoms with Crippen LogP contribution in [0.2, 0.25) is 0 Å². The van der Waals surface area contributed by atoms with Gasteiger partial charge in [-0.05, 0) is 46.2 Å². The van der Waals surface area contributed by atoms with Crippen LogP contribution in [0, 0.1) is 0 Å². The summed E-state index contributed by atoms with van der Waals surface area (Å²) >= 11 is 0. The summed E-state index contributed by atoms with van der Waals surface area (Å²) in [7, 11) is 0. The fraction of sp³-hybridized carbons (Fsp3) is 0.526. The molecule has 1 N–H and O–H groups in total. The standard InChI is InChI=1S/C19H27N3O3/c1-6-13(2)22(12-17(23)25-19(3,4)5)11-16-20-15-10-8-7-9-14(15)18(24)21-16/h7-10,13H,6,11-12H2,1-5H3,(H,20,21,24)/t13-/m0/s1. The number of rotatable bonds is 6. The highest BCUT2D eigenvalue weighted by molar-refractivity contribution is 5.77. The molecule has 0 bridgehead atoms. The summed E-state index contributed by atoms with van der Waals surface area (Å²) in [5, 5.41) is 0.563. The molecule has 0 radical (unpaired) electrons. The van der Waals surface area contributed by atoms with Gasteiger partial charge in [-0.25, -0.2) is 4.98 Å². The van der Waals surface area contributed by atoms with Crippen molar-refractivity contribution >= 4 is 16.9 Å². The number of esters is 1. The average Bonchev–Trinajstić information content (AvgIpc) is 2.51. The molecule has 0 aliphatic rings. The Bertz CT molecular complexity index is 792. The molecule has 0 saturated heterocycles. The second-order valence-corrected chi connectivity index (χ2v) is 7.28. The maximum absolute atomic E-state index is 12.2. The van der Waals surface area contributed by atoms with E-state index in [4.69, 9.17) is 4.74 Å². The lowest BCUT2D eigenvalue weighted by Crippen LogP contribution is -2.40. The van der Waals surface area contributed by atoms with E-state index in [1.165, 1.54) is 0 Å². The number of aromatic amines is 1. The van der Waals surface area contributed by atoms with Crippen molar-refractivity contribution in [3.05, 3.63) is 40.4 Å². The van der Waals surface area contributed by atoms with Gasteiger partial charge in [-0.2, -0.15) is 0 Å². The van der Waals surface area contributed by atoms with E-state index >= 15 is 0 Å². The second-order valence-electron chi connectivity index (χ2n) is 7.28. The highest BCUT2D eigenvalue weighted by atomic mass is 16.6. The molecule has 1 heterocycles. The van der Waals surface area contributed by atoms with E-state index in [9.17, 15) is 9.59 Å². The molecule has 0 fully saturated rings. The Morgan fingerprint density at radius 1 is 1.32 bits per heavy atom. The average molecular weight is 345 g/mol. The lowest BCUT2D eigenvalue weighted by molar-refractivity contribution is -0.156. The van der Waals surface area contributed by atoms with Gasteiger partial charge in [0.2, 0.25) is 0 Å². The first-order valence-electron chi connectivity index (χ1n) is 8.63. The van der Waals surface area contributed by atoms with E-state index in [1.54, 1.807) is 6.07 Å². The fourth-order valence-corrected chi connectivity index (χ4v) is 2.57. The number of hydrogen-bond donors (Lipinski definition) is 1. The summed E-state index contributed by atoms with van der Waals surface area (Å²) in [6, 6.07) is 7.39. The predicted octanol–water partition coefficient (Wildman–Crippen LogP) is 2.87. The van der Waals surface area contributed by atoms with Crippen LogP contribution >= 0.6 is 0 Å². The van der Waals surface area contributed by atoms with Crippen molar-refractivity contribution in [2.75, 3.05) is 6.54 Å². The van der Waals surface area contributed by atoms with Crippen molar-refractivity contribution in [1.29, 1.82) is 0 Å². The van der Waals surface area contributed by atoms with E-state index in [2.05, 4.69) is 16.9 Å². The number of ether oxygens (including phenoxy) is 1. The lowest BCUT2D eigenvalue weighted by atomic mass is 10.2. The zero-order valence-electron chi connectivity index (χ0n) is 15.6. The summed E-state index contributed by atoms with van der Waals surface area (Å²) in [5.41, 5.74) is -0.0298. The number of benzene rings is 1. The van der Waals surface area contributed by atoms with E-state index in [0.717, 1.165) is 6.42 Å². The molecule has 2 rings (SSSR count). The minimum atomic E-state index is -0.520. The number of para-hydroxylation sites is 1. The van der Waals surface area contributed by atoms with Crippen LogP contribution in [0.1, 0.15) is 46.9 Å². The highest BCUT2D eigenvalue weighted by Gasteiger charge is 2.22. The molecular formula is C19H27N3O3. The highest BCUT2D eigenvalue weighted by Crippen LogP contribution is 2.13. The Balaban J connectivity index is 2.22. The van der Waals surface area contributed by atoms with Crippen LogP contribution in [-0.4, -0.2) is 39.0 Å². The van der Waals surface area contributed by atoms with Crippen LogP contribution in [0.25, 0.3) is 10.9 Å². The van der Waals surface area contributed by atoms with Crippen LogP contribution in [0.5, 0.6) is 0 Å². The Morgan fingerprint density at radius 3 is 2.64 bits per heavy atom. The molecule has 1 atom stereocenters. The van der Waals surface area contributed by atoms with Gasteiger partial charge in [-0.15, -0.1) is 0 Å². The van der Waals surface area contributed by atoms with E-state index in [0.29, 0.717) is 23.3 Å².